The van der Waals surface area contributed by atoms with Crippen molar-refractivity contribution in [2.45, 2.75) is 51.7 Å². The molecule has 0 unspecified atom stereocenters. The van der Waals surface area contributed by atoms with Crippen LogP contribution < -0.4 is 5.32 Å². The molecule has 1 aliphatic carbocycles. The van der Waals surface area contributed by atoms with Gasteiger partial charge in [0.25, 0.3) is 0 Å². The molecule has 0 heterocycles. The Morgan fingerprint density at radius 2 is 1.71 bits per heavy atom. The number of carbonyl (C=O) groups excluding carboxylic acids is 1. The standard InChI is InChI=1S/C12H19NO4/c1-7(8(2)12(16)17)11(15)13-9-5-3-4-6-10(9)14/h9-10,14H,3-6H2,1-2H3,(H,13,15)(H,16,17)/t9-,10-/m0/s1. The molecule has 1 rings (SSSR count). The fourth-order valence-electron chi connectivity index (χ4n) is 1.89. The number of aliphatic hydroxyl groups excluding tert-OH is 1. The van der Waals surface area contributed by atoms with E-state index in [4.69, 9.17) is 5.11 Å². The largest absolute Gasteiger partial charge is 0.478 e. The summed E-state index contributed by atoms with van der Waals surface area (Å²) in [6.45, 7) is 2.88. The number of hydrogen-bond donors (Lipinski definition) is 3. The number of aliphatic carboxylic acids is 1. The smallest absolute Gasteiger partial charge is 0.331 e. The van der Waals surface area contributed by atoms with E-state index in [1.165, 1.54) is 13.8 Å². The maximum absolute atomic E-state index is 11.8. The maximum Gasteiger partial charge on any atom is 0.331 e. The molecule has 0 aliphatic heterocycles. The van der Waals surface area contributed by atoms with Gasteiger partial charge in [-0.1, -0.05) is 12.8 Å². The molecule has 0 aromatic heterocycles. The molecule has 0 saturated heterocycles. The molecule has 1 aliphatic rings. The quantitative estimate of drug-likeness (QED) is 0.639. The van der Waals surface area contributed by atoms with Crippen LogP contribution in [-0.4, -0.2) is 34.2 Å². The van der Waals surface area contributed by atoms with Crippen molar-refractivity contribution in [3.8, 4) is 0 Å². The van der Waals surface area contributed by atoms with E-state index in [9.17, 15) is 14.7 Å². The summed E-state index contributed by atoms with van der Waals surface area (Å²) in [5.41, 5.74) is 0.225. The lowest BCUT2D eigenvalue weighted by molar-refractivity contribution is -0.133. The molecule has 0 bridgehead atoms. The molecule has 5 heteroatoms. The number of rotatable bonds is 3. The fourth-order valence-corrected chi connectivity index (χ4v) is 1.89. The average molecular weight is 241 g/mol. The number of carboxylic acids is 1. The predicted octanol–water partition coefficient (Wildman–Crippen LogP) is 0.827. The zero-order chi connectivity index (χ0) is 13.0. The third-order valence-electron chi connectivity index (χ3n) is 3.27. The van der Waals surface area contributed by atoms with Crippen LogP contribution in [-0.2, 0) is 9.59 Å². The summed E-state index contributed by atoms with van der Waals surface area (Å²) in [6, 6.07) is -0.257. The zero-order valence-corrected chi connectivity index (χ0v) is 10.2. The van der Waals surface area contributed by atoms with Crippen LogP contribution in [0.5, 0.6) is 0 Å². The summed E-state index contributed by atoms with van der Waals surface area (Å²) in [5.74, 6) is -1.50. The Balaban J connectivity index is 2.65. The Labute approximate surface area is 101 Å². The van der Waals surface area contributed by atoms with E-state index >= 15 is 0 Å². The summed E-state index contributed by atoms with van der Waals surface area (Å²) >= 11 is 0. The first-order valence-electron chi connectivity index (χ1n) is 5.83. The lowest BCUT2D eigenvalue weighted by Crippen LogP contribution is -2.45. The molecule has 17 heavy (non-hydrogen) atoms. The van der Waals surface area contributed by atoms with Gasteiger partial charge in [-0.25, -0.2) is 4.79 Å². The second kappa shape index (κ2) is 5.82. The summed E-state index contributed by atoms with van der Waals surface area (Å²) in [4.78, 5) is 22.5. The van der Waals surface area contributed by atoms with Crippen LogP contribution in [0.4, 0.5) is 0 Å². The highest BCUT2D eigenvalue weighted by Crippen LogP contribution is 2.18. The minimum absolute atomic E-state index is 0.0350. The first-order valence-corrected chi connectivity index (χ1v) is 5.83. The predicted molar refractivity (Wildman–Crippen MR) is 62.4 cm³/mol. The van der Waals surface area contributed by atoms with Crippen molar-refractivity contribution >= 4 is 11.9 Å². The molecule has 96 valence electrons. The second-order valence-corrected chi connectivity index (χ2v) is 4.49. The zero-order valence-electron chi connectivity index (χ0n) is 10.2. The van der Waals surface area contributed by atoms with Crippen LogP contribution in [0, 0.1) is 0 Å². The fraction of sp³-hybridized carbons (Fsp3) is 0.667. The Morgan fingerprint density at radius 3 is 2.24 bits per heavy atom. The molecule has 5 nitrogen and oxygen atoms in total. The van der Waals surface area contributed by atoms with Gasteiger partial charge in [0.05, 0.1) is 12.1 Å². The highest BCUT2D eigenvalue weighted by molar-refractivity contribution is 6.01. The van der Waals surface area contributed by atoms with Crippen molar-refractivity contribution in [3.63, 3.8) is 0 Å². The highest BCUT2D eigenvalue weighted by atomic mass is 16.4. The van der Waals surface area contributed by atoms with E-state index in [0.717, 1.165) is 19.3 Å². The monoisotopic (exact) mass is 241 g/mol. The van der Waals surface area contributed by atoms with Gasteiger partial charge < -0.3 is 15.5 Å². The summed E-state index contributed by atoms with van der Waals surface area (Å²) in [5, 5.41) is 21.2. The van der Waals surface area contributed by atoms with Gasteiger partial charge in [0.2, 0.25) is 5.91 Å². The van der Waals surface area contributed by atoms with Gasteiger partial charge in [-0.05, 0) is 26.7 Å². The van der Waals surface area contributed by atoms with Gasteiger partial charge in [-0.3, -0.25) is 4.79 Å². The van der Waals surface area contributed by atoms with Gasteiger partial charge in [0.1, 0.15) is 0 Å². The molecule has 1 saturated carbocycles. The molecular formula is C12H19NO4. The van der Waals surface area contributed by atoms with Gasteiger partial charge in [-0.2, -0.15) is 0 Å². The summed E-state index contributed by atoms with van der Waals surface area (Å²) in [6.07, 6.45) is 2.85. The molecule has 3 N–H and O–H groups in total. The molecule has 1 amide bonds. The third-order valence-corrected chi connectivity index (χ3v) is 3.27. The first-order chi connectivity index (χ1) is 7.93. The van der Waals surface area contributed by atoms with Gasteiger partial charge in [-0.15, -0.1) is 0 Å². The van der Waals surface area contributed by atoms with Crippen LogP contribution in [0.2, 0.25) is 0 Å². The summed E-state index contributed by atoms with van der Waals surface area (Å²) < 4.78 is 0. The van der Waals surface area contributed by atoms with Crippen molar-refractivity contribution in [2.24, 2.45) is 0 Å². The number of carbonyl (C=O) groups is 2. The molecule has 0 aromatic rings. The van der Waals surface area contributed by atoms with E-state index in [1.54, 1.807) is 0 Å². The SMILES string of the molecule is CC(C(=O)O)=C(C)C(=O)N[C@H]1CCCC[C@@H]1O. The number of nitrogens with one attached hydrogen (secondary N) is 1. The molecule has 0 spiro atoms. The molecule has 0 radical (unpaired) electrons. The van der Waals surface area contributed by atoms with Crippen LogP contribution >= 0.6 is 0 Å². The lowest BCUT2D eigenvalue weighted by Gasteiger charge is -2.28. The van der Waals surface area contributed by atoms with Crippen molar-refractivity contribution in [2.75, 3.05) is 0 Å². The maximum atomic E-state index is 11.8. The molecular weight excluding hydrogens is 222 g/mol. The molecule has 0 aromatic carbocycles. The second-order valence-electron chi connectivity index (χ2n) is 4.49. The molecule has 1 fully saturated rings. The van der Waals surface area contributed by atoms with E-state index < -0.39 is 18.0 Å². The van der Waals surface area contributed by atoms with Crippen LogP contribution in [0.25, 0.3) is 0 Å². The lowest BCUT2D eigenvalue weighted by atomic mass is 9.92. The van der Waals surface area contributed by atoms with Crippen molar-refractivity contribution in [3.05, 3.63) is 11.1 Å². The Morgan fingerprint density at radius 1 is 1.12 bits per heavy atom. The minimum atomic E-state index is -1.10. The Bertz CT molecular complexity index is 348. The third kappa shape index (κ3) is 3.56. The first kappa shape index (κ1) is 13.7. The van der Waals surface area contributed by atoms with Crippen molar-refractivity contribution < 1.29 is 19.8 Å². The minimum Gasteiger partial charge on any atom is -0.478 e. The normalized spacial score (nSPS) is 26.1. The Kier molecular flexibility index (Phi) is 4.69. The Hall–Kier alpha value is -1.36. The average Bonchev–Trinajstić information content (AvgIpc) is 2.30. The number of carboxylic acid groups (broad SMARTS) is 1. The van der Waals surface area contributed by atoms with E-state index in [1.807, 2.05) is 0 Å². The van der Waals surface area contributed by atoms with E-state index in [2.05, 4.69) is 5.32 Å². The van der Waals surface area contributed by atoms with Gasteiger partial charge >= 0.3 is 5.97 Å². The number of amides is 1. The topological polar surface area (TPSA) is 86.6 Å². The van der Waals surface area contributed by atoms with Gasteiger partial charge in [0.15, 0.2) is 0 Å². The van der Waals surface area contributed by atoms with E-state index in [0.29, 0.717) is 6.42 Å². The highest BCUT2D eigenvalue weighted by Gasteiger charge is 2.25. The van der Waals surface area contributed by atoms with E-state index in [-0.39, 0.29) is 17.2 Å². The van der Waals surface area contributed by atoms with Crippen molar-refractivity contribution in [1.29, 1.82) is 0 Å². The van der Waals surface area contributed by atoms with Crippen molar-refractivity contribution in [1.82, 2.24) is 5.32 Å². The summed E-state index contributed by atoms with van der Waals surface area (Å²) in [7, 11) is 0. The van der Waals surface area contributed by atoms with Crippen LogP contribution in [0.1, 0.15) is 39.5 Å². The van der Waals surface area contributed by atoms with Crippen LogP contribution in [0.15, 0.2) is 11.1 Å². The number of hydrogen-bond acceptors (Lipinski definition) is 3. The van der Waals surface area contributed by atoms with Crippen LogP contribution in [0.3, 0.4) is 0 Å². The number of aliphatic hydroxyl groups is 1. The van der Waals surface area contributed by atoms with Gasteiger partial charge in [0, 0.05) is 11.1 Å². The molecule has 2 atom stereocenters.